The topological polar surface area (TPSA) is 26.0 Å². The van der Waals surface area contributed by atoms with Gasteiger partial charge in [0.1, 0.15) is 0 Å². The van der Waals surface area contributed by atoms with Crippen LogP contribution in [0.25, 0.3) is 0 Å². The molecule has 1 aromatic carbocycles. The van der Waals surface area contributed by atoms with Crippen LogP contribution in [-0.2, 0) is 0 Å². The molecule has 3 heteroatoms. The first kappa shape index (κ1) is 10.5. The minimum Gasteiger partial charge on any atom is -0.324 e. The van der Waals surface area contributed by atoms with Gasteiger partial charge in [0.15, 0.2) is 0 Å². The normalized spacial score (nSPS) is 12.9. The predicted octanol–water partition coefficient (Wildman–Crippen LogP) is 3.01. The van der Waals surface area contributed by atoms with Gasteiger partial charge in [-0.25, -0.2) is 0 Å². The highest BCUT2D eigenvalue weighted by molar-refractivity contribution is 6.30. The van der Waals surface area contributed by atoms with Crippen molar-refractivity contribution >= 4 is 11.6 Å². The number of halogens is 2. The van der Waals surface area contributed by atoms with Gasteiger partial charge >= 0.3 is 0 Å². The maximum Gasteiger partial charge on any atom is 0.0912 e. The van der Waals surface area contributed by atoms with Crippen molar-refractivity contribution in [2.75, 3.05) is 6.67 Å². The molecule has 0 aliphatic rings. The fourth-order valence-electron chi connectivity index (χ4n) is 1.33. The largest absolute Gasteiger partial charge is 0.324 e. The number of rotatable bonds is 3. The maximum atomic E-state index is 12.0. The van der Waals surface area contributed by atoms with Gasteiger partial charge in [0.25, 0.3) is 0 Å². The first-order valence-electron chi connectivity index (χ1n) is 4.22. The second kappa shape index (κ2) is 4.58. The van der Waals surface area contributed by atoms with Gasteiger partial charge < -0.3 is 5.73 Å². The molecule has 0 unspecified atom stereocenters. The first-order valence-corrected chi connectivity index (χ1v) is 4.60. The van der Waals surface area contributed by atoms with Crippen LogP contribution in [0.3, 0.4) is 0 Å². The van der Waals surface area contributed by atoms with Gasteiger partial charge in [-0.1, -0.05) is 17.7 Å². The van der Waals surface area contributed by atoms with E-state index in [4.69, 9.17) is 17.3 Å². The molecule has 1 nitrogen and oxygen atoms in total. The van der Waals surface area contributed by atoms with E-state index in [1.54, 1.807) is 6.07 Å². The molecule has 0 aliphatic heterocycles. The van der Waals surface area contributed by atoms with Gasteiger partial charge in [-0.2, -0.15) is 0 Å². The summed E-state index contributed by atoms with van der Waals surface area (Å²) < 4.78 is 12.0. The van der Waals surface area contributed by atoms with Crippen molar-refractivity contribution in [2.24, 2.45) is 5.73 Å². The van der Waals surface area contributed by atoms with Crippen LogP contribution >= 0.6 is 11.6 Å². The van der Waals surface area contributed by atoms with E-state index in [1.165, 1.54) is 0 Å². The Labute approximate surface area is 82.7 Å². The van der Waals surface area contributed by atoms with Gasteiger partial charge in [0.2, 0.25) is 0 Å². The van der Waals surface area contributed by atoms with Crippen molar-refractivity contribution in [1.82, 2.24) is 0 Å². The molecule has 72 valence electrons. The lowest BCUT2D eigenvalue weighted by atomic mass is 10.0. The molecule has 0 aromatic heterocycles. The summed E-state index contributed by atoms with van der Waals surface area (Å²) in [5.74, 6) is 0. The lowest BCUT2D eigenvalue weighted by Gasteiger charge is -2.12. The zero-order valence-corrected chi connectivity index (χ0v) is 8.31. The summed E-state index contributed by atoms with van der Waals surface area (Å²) in [4.78, 5) is 0. The van der Waals surface area contributed by atoms with E-state index in [0.717, 1.165) is 11.1 Å². The number of hydrogen-bond donors (Lipinski definition) is 1. The quantitative estimate of drug-likeness (QED) is 0.800. The number of nitrogens with two attached hydrogens (primary N) is 1. The number of hydrogen-bond acceptors (Lipinski definition) is 1. The van der Waals surface area contributed by atoms with Gasteiger partial charge in [-0.05, 0) is 36.6 Å². The van der Waals surface area contributed by atoms with Crippen LogP contribution in [0, 0.1) is 6.92 Å². The molecule has 0 fully saturated rings. The molecule has 1 rings (SSSR count). The molecule has 13 heavy (non-hydrogen) atoms. The van der Waals surface area contributed by atoms with E-state index in [-0.39, 0.29) is 12.7 Å². The third-order valence-electron chi connectivity index (χ3n) is 2.05. The van der Waals surface area contributed by atoms with E-state index < -0.39 is 0 Å². The third-order valence-corrected chi connectivity index (χ3v) is 2.29. The van der Waals surface area contributed by atoms with Crippen LogP contribution < -0.4 is 5.73 Å². The Balaban J connectivity index is 2.88. The molecule has 0 spiro atoms. The summed E-state index contributed by atoms with van der Waals surface area (Å²) in [6, 6.07) is 5.26. The highest BCUT2D eigenvalue weighted by atomic mass is 35.5. The van der Waals surface area contributed by atoms with Crippen LogP contribution in [-0.4, -0.2) is 6.67 Å². The minimum atomic E-state index is -0.386. The van der Waals surface area contributed by atoms with Crippen molar-refractivity contribution in [2.45, 2.75) is 19.4 Å². The molecule has 0 bridgehead atoms. The molecule has 0 radical (unpaired) electrons. The van der Waals surface area contributed by atoms with Crippen molar-refractivity contribution < 1.29 is 4.39 Å². The number of benzene rings is 1. The van der Waals surface area contributed by atoms with Crippen molar-refractivity contribution in [3.05, 3.63) is 34.3 Å². The number of alkyl halides is 1. The van der Waals surface area contributed by atoms with E-state index in [9.17, 15) is 4.39 Å². The van der Waals surface area contributed by atoms with Crippen molar-refractivity contribution in [1.29, 1.82) is 0 Å². The Morgan fingerprint density at radius 1 is 1.54 bits per heavy atom. The maximum absolute atomic E-state index is 12.0. The van der Waals surface area contributed by atoms with E-state index >= 15 is 0 Å². The highest BCUT2D eigenvalue weighted by Crippen LogP contribution is 2.21. The fraction of sp³-hybridized carbons (Fsp3) is 0.400. The smallest absolute Gasteiger partial charge is 0.0912 e. The summed E-state index contributed by atoms with van der Waals surface area (Å²) >= 11 is 5.78. The Kier molecular flexibility index (Phi) is 3.70. The monoisotopic (exact) mass is 201 g/mol. The zero-order chi connectivity index (χ0) is 9.84. The molecule has 0 aliphatic carbocycles. The average Bonchev–Trinajstić information content (AvgIpc) is 2.04. The Bertz CT molecular complexity index is 288. The molecule has 0 saturated heterocycles. The van der Waals surface area contributed by atoms with Crippen LogP contribution in [0.15, 0.2) is 18.2 Å². The van der Waals surface area contributed by atoms with Crippen molar-refractivity contribution in [3.8, 4) is 0 Å². The Morgan fingerprint density at radius 3 is 2.77 bits per heavy atom. The van der Waals surface area contributed by atoms with Crippen LogP contribution in [0.1, 0.15) is 23.6 Å². The third kappa shape index (κ3) is 2.68. The highest BCUT2D eigenvalue weighted by Gasteiger charge is 2.08. The minimum absolute atomic E-state index is 0.220. The second-order valence-electron chi connectivity index (χ2n) is 3.09. The van der Waals surface area contributed by atoms with E-state index in [2.05, 4.69) is 0 Å². The lowest BCUT2D eigenvalue weighted by molar-refractivity contribution is 0.441. The molecular weight excluding hydrogens is 189 g/mol. The second-order valence-corrected chi connectivity index (χ2v) is 3.52. The van der Waals surface area contributed by atoms with Gasteiger partial charge in [0.05, 0.1) is 6.67 Å². The van der Waals surface area contributed by atoms with Crippen LogP contribution in [0.5, 0.6) is 0 Å². The molecule has 1 atom stereocenters. The van der Waals surface area contributed by atoms with Gasteiger partial charge in [-0.15, -0.1) is 0 Å². The molecule has 1 aromatic rings. The average molecular weight is 202 g/mol. The summed E-state index contributed by atoms with van der Waals surface area (Å²) in [5, 5.41) is 0.689. The standard InChI is InChI=1S/C10H13ClFN/c1-7-6-8(11)2-3-9(7)10(13)4-5-12/h2-3,6,10H,4-5,13H2,1H3/t10-/m0/s1. The molecule has 0 amide bonds. The lowest BCUT2D eigenvalue weighted by Crippen LogP contribution is -2.12. The molecule has 0 saturated carbocycles. The fourth-order valence-corrected chi connectivity index (χ4v) is 1.55. The van der Waals surface area contributed by atoms with Gasteiger partial charge in [-0.3, -0.25) is 4.39 Å². The van der Waals surface area contributed by atoms with Crippen molar-refractivity contribution in [3.63, 3.8) is 0 Å². The number of aryl methyl sites for hydroxylation is 1. The molecule has 0 heterocycles. The molecule has 2 N–H and O–H groups in total. The summed E-state index contributed by atoms with van der Waals surface area (Å²) in [7, 11) is 0. The molecular formula is C10H13ClFN. The summed E-state index contributed by atoms with van der Waals surface area (Å²) in [6.45, 7) is 1.54. The first-order chi connectivity index (χ1) is 6.15. The SMILES string of the molecule is Cc1cc(Cl)ccc1[C@@H](N)CCF. The van der Waals surface area contributed by atoms with E-state index in [0.29, 0.717) is 11.4 Å². The summed E-state index contributed by atoms with van der Waals surface area (Å²) in [5.41, 5.74) is 7.77. The summed E-state index contributed by atoms with van der Waals surface area (Å²) in [6.07, 6.45) is 0.364. The van der Waals surface area contributed by atoms with Crippen LogP contribution in [0.4, 0.5) is 4.39 Å². The van der Waals surface area contributed by atoms with Gasteiger partial charge in [0, 0.05) is 11.1 Å². The Morgan fingerprint density at radius 2 is 2.23 bits per heavy atom. The van der Waals surface area contributed by atoms with E-state index in [1.807, 2.05) is 19.1 Å². The van der Waals surface area contributed by atoms with Crippen LogP contribution in [0.2, 0.25) is 5.02 Å². The Hall–Kier alpha value is -0.600. The predicted molar refractivity (Wildman–Crippen MR) is 53.7 cm³/mol. The zero-order valence-electron chi connectivity index (χ0n) is 7.56.